The number of fused-ring (bicyclic) bond motifs is 1. The zero-order valence-corrected chi connectivity index (χ0v) is 28.9. The molecule has 10 heteroatoms. The highest BCUT2D eigenvalue weighted by atomic mass is 32.2. The average Bonchev–Trinajstić information content (AvgIpc) is 3.51. The van der Waals surface area contributed by atoms with Crippen molar-refractivity contribution in [3.8, 4) is 0 Å². The fourth-order valence-corrected chi connectivity index (χ4v) is 7.92. The summed E-state index contributed by atoms with van der Waals surface area (Å²) in [6, 6.07) is 35.4. The molecule has 0 aliphatic heterocycles. The van der Waals surface area contributed by atoms with E-state index in [9.17, 15) is 19.2 Å². The molecule has 4 aromatic carbocycles. The second kappa shape index (κ2) is 16.3. The molecule has 0 bridgehead atoms. The minimum atomic E-state index is -0.496. The van der Waals surface area contributed by atoms with Gasteiger partial charge >= 0.3 is 5.97 Å². The second-order valence-corrected chi connectivity index (χ2v) is 13.8. The molecule has 3 amide bonds. The van der Waals surface area contributed by atoms with Crippen LogP contribution in [-0.4, -0.2) is 36.6 Å². The highest BCUT2D eigenvalue weighted by Gasteiger charge is 2.30. The number of carbonyl (C=O) groups excluding carboxylic acids is 4. The van der Waals surface area contributed by atoms with Gasteiger partial charge in [-0.3, -0.25) is 14.4 Å². The Morgan fingerprint density at radius 1 is 0.860 bits per heavy atom. The van der Waals surface area contributed by atoms with Crippen LogP contribution in [0.15, 0.2) is 126 Å². The molecular weight excluding hydrogens is 667 g/mol. The van der Waals surface area contributed by atoms with Crippen LogP contribution in [0, 0.1) is 0 Å². The number of nitrogens with one attached hydrogen (secondary N) is 3. The van der Waals surface area contributed by atoms with Gasteiger partial charge in [-0.05, 0) is 78.3 Å². The molecule has 6 rings (SSSR count). The third kappa shape index (κ3) is 8.58. The topological polar surface area (TPSA) is 114 Å². The van der Waals surface area contributed by atoms with Gasteiger partial charge in [0.2, 0.25) is 5.91 Å². The quantitative estimate of drug-likeness (QED) is 0.0732. The summed E-state index contributed by atoms with van der Waals surface area (Å²) in [5, 5.41) is 9.09. The number of anilines is 2. The van der Waals surface area contributed by atoms with Gasteiger partial charge in [-0.25, -0.2) is 4.79 Å². The lowest BCUT2D eigenvalue weighted by molar-refractivity contribution is -0.114. The van der Waals surface area contributed by atoms with Crippen LogP contribution in [0.3, 0.4) is 0 Å². The largest absolute Gasteiger partial charge is 0.465 e. The predicted molar refractivity (Wildman–Crippen MR) is 200 cm³/mol. The third-order valence-corrected chi connectivity index (χ3v) is 10.4. The Morgan fingerprint density at radius 2 is 1.56 bits per heavy atom. The standard InChI is InChI=1S/C40H35N3O5S2/c1-48-40(47)36-32-21-20-29(27-14-7-3-8-15-27)23-34(32)50-39(36)43-35(44)25-49-31-19-11-18-30(24-31)41-38(46)33(22-26-12-5-2-6-13-26)42-37(45)28-16-9-4-10-17-28/h2-19,22,24,29H,20-21,23,25H2,1H3,(H,41,46)(H,42,45)(H,43,44)/b33-22-. The highest BCUT2D eigenvalue weighted by Crippen LogP contribution is 2.43. The van der Waals surface area contributed by atoms with Crippen LogP contribution in [0.25, 0.3) is 6.08 Å². The number of thiophene rings is 1. The van der Waals surface area contributed by atoms with E-state index in [1.54, 1.807) is 48.5 Å². The Balaban J connectivity index is 1.11. The van der Waals surface area contributed by atoms with E-state index in [1.165, 1.54) is 35.8 Å². The number of ether oxygens (including phenoxy) is 1. The average molecular weight is 702 g/mol. The number of hydrogen-bond acceptors (Lipinski definition) is 7. The van der Waals surface area contributed by atoms with Crippen molar-refractivity contribution in [1.82, 2.24) is 5.32 Å². The molecule has 1 aliphatic rings. The second-order valence-electron chi connectivity index (χ2n) is 11.7. The van der Waals surface area contributed by atoms with Crippen molar-refractivity contribution in [1.29, 1.82) is 0 Å². The smallest absolute Gasteiger partial charge is 0.341 e. The van der Waals surface area contributed by atoms with Gasteiger partial charge in [-0.2, -0.15) is 0 Å². The Bertz CT molecular complexity index is 2030. The van der Waals surface area contributed by atoms with Gasteiger partial charge in [0.25, 0.3) is 11.8 Å². The van der Waals surface area contributed by atoms with E-state index >= 15 is 0 Å². The summed E-state index contributed by atoms with van der Waals surface area (Å²) in [5.41, 5.74) is 4.43. The SMILES string of the molecule is COC(=O)c1c(NC(=O)CSc2cccc(NC(=O)/C(=C/c3ccccc3)NC(=O)c3ccccc3)c2)sc2c1CCC(c1ccccc1)C2. The van der Waals surface area contributed by atoms with Crippen LogP contribution in [0.2, 0.25) is 0 Å². The molecule has 1 heterocycles. The van der Waals surface area contributed by atoms with Crippen molar-refractivity contribution >= 4 is 63.6 Å². The van der Waals surface area contributed by atoms with Crippen molar-refractivity contribution in [3.63, 3.8) is 0 Å². The van der Waals surface area contributed by atoms with Gasteiger partial charge in [0.1, 0.15) is 10.7 Å². The van der Waals surface area contributed by atoms with E-state index < -0.39 is 17.8 Å². The first-order valence-corrected chi connectivity index (χ1v) is 17.9. The van der Waals surface area contributed by atoms with Crippen LogP contribution in [0.5, 0.6) is 0 Å². The van der Waals surface area contributed by atoms with Crippen LogP contribution >= 0.6 is 23.1 Å². The maximum Gasteiger partial charge on any atom is 0.341 e. The molecule has 1 unspecified atom stereocenters. The molecule has 252 valence electrons. The first kappa shape index (κ1) is 34.4. The summed E-state index contributed by atoms with van der Waals surface area (Å²) >= 11 is 2.75. The minimum Gasteiger partial charge on any atom is -0.465 e. The van der Waals surface area contributed by atoms with Crippen molar-refractivity contribution in [3.05, 3.63) is 154 Å². The molecule has 1 aromatic heterocycles. The number of thioether (sulfide) groups is 1. The number of methoxy groups -OCH3 is 1. The normalized spacial score (nSPS) is 13.9. The van der Waals surface area contributed by atoms with Gasteiger partial charge in [0.15, 0.2) is 0 Å². The number of hydrogen-bond donors (Lipinski definition) is 3. The first-order valence-electron chi connectivity index (χ1n) is 16.1. The Kier molecular flexibility index (Phi) is 11.2. The molecule has 1 atom stereocenters. The van der Waals surface area contributed by atoms with Gasteiger partial charge in [-0.1, -0.05) is 84.9 Å². The van der Waals surface area contributed by atoms with Crippen LogP contribution < -0.4 is 16.0 Å². The monoisotopic (exact) mass is 701 g/mol. The molecule has 5 aromatic rings. The van der Waals surface area contributed by atoms with E-state index in [1.807, 2.05) is 60.7 Å². The summed E-state index contributed by atoms with van der Waals surface area (Å²) in [6.07, 6.45) is 4.06. The van der Waals surface area contributed by atoms with E-state index in [0.717, 1.165) is 40.2 Å². The van der Waals surface area contributed by atoms with Gasteiger partial charge in [-0.15, -0.1) is 23.1 Å². The molecule has 8 nitrogen and oxygen atoms in total. The molecule has 0 fully saturated rings. The molecule has 1 aliphatic carbocycles. The highest BCUT2D eigenvalue weighted by molar-refractivity contribution is 8.00. The van der Waals surface area contributed by atoms with Crippen LogP contribution in [0.4, 0.5) is 10.7 Å². The summed E-state index contributed by atoms with van der Waals surface area (Å²) in [7, 11) is 1.35. The van der Waals surface area contributed by atoms with Crippen LogP contribution in [-0.2, 0) is 27.2 Å². The maximum absolute atomic E-state index is 13.5. The molecule has 0 radical (unpaired) electrons. The summed E-state index contributed by atoms with van der Waals surface area (Å²) in [4.78, 5) is 54.3. The zero-order valence-electron chi connectivity index (χ0n) is 27.3. The Morgan fingerprint density at radius 3 is 2.28 bits per heavy atom. The van der Waals surface area contributed by atoms with Gasteiger partial charge in [0.05, 0.1) is 18.4 Å². The third-order valence-electron chi connectivity index (χ3n) is 8.28. The molecule has 0 saturated carbocycles. The van der Waals surface area contributed by atoms with E-state index in [0.29, 0.717) is 27.7 Å². The summed E-state index contributed by atoms with van der Waals surface area (Å²) in [5.74, 6) is -1.18. The van der Waals surface area contributed by atoms with Crippen molar-refractivity contribution in [2.24, 2.45) is 0 Å². The zero-order chi connectivity index (χ0) is 34.9. The summed E-state index contributed by atoms with van der Waals surface area (Å²) in [6.45, 7) is 0. The molecule has 0 saturated heterocycles. The number of carbonyl (C=O) groups is 4. The fourth-order valence-electron chi connectivity index (χ4n) is 5.83. The molecular formula is C40H35N3O5S2. The minimum absolute atomic E-state index is 0.0811. The van der Waals surface area contributed by atoms with E-state index in [-0.39, 0.29) is 17.4 Å². The Hall–Kier alpha value is -5.45. The van der Waals surface area contributed by atoms with Gasteiger partial charge in [0, 0.05) is 21.0 Å². The predicted octanol–water partition coefficient (Wildman–Crippen LogP) is 7.95. The molecule has 3 N–H and O–H groups in total. The van der Waals surface area contributed by atoms with Crippen molar-refractivity contribution < 1.29 is 23.9 Å². The molecule has 0 spiro atoms. The van der Waals surface area contributed by atoms with E-state index in [4.69, 9.17) is 4.74 Å². The first-order chi connectivity index (χ1) is 24.4. The van der Waals surface area contributed by atoms with E-state index in [2.05, 4.69) is 28.1 Å². The summed E-state index contributed by atoms with van der Waals surface area (Å²) < 4.78 is 5.11. The lowest BCUT2D eigenvalue weighted by atomic mass is 9.83. The number of rotatable bonds is 11. The fraction of sp³-hybridized carbons (Fsp3) is 0.150. The lowest BCUT2D eigenvalue weighted by Gasteiger charge is -2.22. The maximum atomic E-state index is 13.5. The van der Waals surface area contributed by atoms with Gasteiger partial charge < -0.3 is 20.7 Å². The number of esters is 1. The Labute approximate surface area is 299 Å². The van der Waals surface area contributed by atoms with Crippen LogP contribution in [0.1, 0.15) is 54.6 Å². The molecule has 50 heavy (non-hydrogen) atoms. The van der Waals surface area contributed by atoms with Crippen molar-refractivity contribution in [2.45, 2.75) is 30.1 Å². The number of benzene rings is 4. The van der Waals surface area contributed by atoms with Crippen molar-refractivity contribution in [2.75, 3.05) is 23.5 Å². The number of amides is 3. The lowest BCUT2D eigenvalue weighted by Crippen LogP contribution is -2.30.